The Kier molecular flexibility index (Phi) is 50.6. The predicted octanol–water partition coefficient (Wildman–Crippen LogP) is 17.8. The van der Waals surface area contributed by atoms with Crippen LogP contribution in [0.1, 0.15) is 194 Å². The number of hydrogen-bond acceptors (Lipinski definition) is 6. The average Bonchev–Trinajstić information content (AvgIpc) is 3.34. The Morgan fingerprint density at radius 2 is 0.603 bits per heavy atom. The van der Waals surface area contributed by atoms with Crippen LogP contribution in [0.4, 0.5) is 0 Å². The van der Waals surface area contributed by atoms with Gasteiger partial charge in [-0.05, 0) is 122 Å². The summed E-state index contributed by atoms with van der Waals surface area (Å²) in [5, 5.41) is 0. The van der Waals surface area contributed by atoms with Crippen LogP contribution in [0.2, 0.25) is 0 Å². The molecule has 68 heavy (non-hydrogen) atoms. The van der Waals surface area contributed by atoms with Gasteiger partial charge in [0.25, 0.3) is 0 Å². The zero-order chi connectivity index (χ0) is 49.3. The number of esters is 3. The second-order valence-corrected chi connectivity index (χ2v) is 16.7. The highest BCUT2D eigenvalue weighted by Crippen LogP contribution is 2.11. The van der Waals surface area contributed by atoms with E-state index < -0.39 is 12.1 Å². The molecule has 0 amide bonds. The third-order valence-electron chi connectivity index (χ3n) is 10.3. The fraction of sp³-hybridized carbons (Fsp3) is 0.532. The molecule has 6 nitrogen and oxygen atoms in total. The van der Waals surface area contributed by atoms with Gasteiger partial charge in [0.2, 0.25) is 0 Å². The first-order chi connectivity index (χ1) is 33.5. The van der Waals surface area contributed by atoms with Gasteiger partial charge in [-0.1, -0.05) is 211 Å². The normalized spacial score (nSPS) is 13.4. The zero-order valence-electron chi connectivity index (χ0n) is 43.0. The molecule has 0 saturated heterocycles. The number of carbonyl (C=O) groups excluding carboxylic acids is 3. The average molecular weight is 935 g/mol. The van der Waals surface area contributed by atoms with Gasteiger partial charge in [-0.25, -0.2) is 0 Å². The van der Waals surface area contributed by atoms with E-state index in [1.165, 1.54) is 32.1 Å². The van der Waals surface area contributed by atoms with Crippen LogP contribution in [-0.4, -0.2) is 37.2 Å². The smallest absolute Gasteiger partial charge is 0.306 e. The lowest BCUT2D eigenvalue weighted by Crippen LogP contribution is -2.30. The van der Waals surface area contributed by atoms with Crippen molar-refractivity contribution in [2.45, 2.75) is 200 Å². The van der Waals surface area contributed by atoms with Gasteiger partial charge in [-0.2, -0.15) is 0 Å². The zero-order valence-corrected chi connectivity index (χ0v) is 43.0. The van der Waals surface area contributed by atoms with E-state index >= 15 is 0 Å². The molecule has 0 rings (SSSR count). The molecule has 0 N–H and O–H groups in total. The topological polar surface area (TPSA) is 78.9 Å². The molecular weight excluding hydrogens is 841 g/mol. The van der Waals surface area contributed by atoms with Crippen molar-refractivity contribution in [3.63, 3.8) is 0 Å². The molecule has 0 saturated carbocycles. The van der Waals surface area contributed by atoms with E-state index in [1.807, 2.05) is 24.3 Å². The van der Waals surface area contributed by atoms with E-state index in [-0.39, 0.29) is 38.0 Å². The third-order valence-corrected chi connectivity index (χ3v) is 10.3. The van der Waals surface area contributed by atoms with Crippen LogP contribution in [0.15, 0.2) is 158 Å². The number of hydrogen-bond donors (Lipinski definition) is 0. The van der Waals surface area contributed by atoms with Crippen molar-refractivity contribution in [3.8, 4) is 0 Å². The Balaban J connectivity index is 4.66. The number of ether oxygens (including phenoxy) is 3. The lowest BCUT2D eigenvalue weighted by Gasteiger charge is -2.18. The summed E-state index contributed by atoms with van der Waals surface area (Å²) in [5.41, 5.74) is 0. The van der Waals surface area contributed by atoms with E-state index in [0.29, 0.717) is 19.3 Å². The molecule has 378 valence electrons. The van der Waals surface area contributed by atoms with E-state index in [4.69, 9.17) is 14.2 Å². The van der Waals surface area contributed by atoms with Crippen LogP contribution in [0, 0.1) is 0 Å². The van der Waals surface area contributed by atoms with Gasteiger partial charge in [0.05, 0.1) is 0 Å². The van der Waals surface area contributed by atoms with Crippen LogP contribution < -0.4 is 0 Å². The van der Waals surface area contributed by atoms with Crippen molar-refractivity contribution in [3.05, 3.63) is 158 Å². The Labute approximate surface area is 416 Å². The molecule has 0 aromatic rings. The van der Waals surface area contributed by atoms with Crippen LogP contribution >= 0.6 is 0 Å². The van der Waals surface area contributed by atoms with E-state index in [2.05, 4.69) is 154 Å². The second-order valence-electron chi connectivity index (χ2n) is 16.7. The van der Waals surface area contributed by atoms with E-state index in [1.54, 1.807) is 0 Å². The van der Waals surface area contributed by atoms with Gasteiger partial charge < -0.3 is 14.2 Å². The lowest BCUT2D eigenvalue weighted by molar-refractivity contribution is -0.166. The first kappa shape index (κ1) is 63.0. The molecule has 6 heteroatoms. The quantitative estimate of drug-likeness (QED) is 0.0262. The van der Waals surface area contributed by atoms with Crippen molar-refractivity contribution >= 4 is 17.9 Å². The molecule has 0 aliphatic heterocycles. The monoisotopic (exact) mass is 935 g/mol. The summed E-state index contributed by atoms with van der Waals surface area (Å²) >= 11 is 0. The van der Waals surface area contributed by atoms with Gasteiger partial charge >= 0.3 is 17.9 Å². The minimum Gasteiger partial charge on any atom is -0.462 e. The summed E-state index contributed by atoms with van der Waals surface area (Å²) in [6, 6.07) is 0. The first-order valence-electron chi connectivity index (χ1n) is 26.5. The molecular formula is C62H94O6. The van der Waals surface area contributed by atoms with Crippen molar-refractivity contribution in [2.75, 3.05) is 13.2 Å². The largest absolute Gasteiger partial charge is 0.462 e. The minimum absolute atomic E-state index is 0.143. The molecule has 0 fully saturated rings. The van der Waals surface area contributed by atoms with Crippen LogP contribution in [0.25, 0.3) is 0 Å². The van der Waals surface area contributed by atoms with Crippen molar-refractivity contribution in [1.29, 1.82) is 0 Å². The predicted molar refractivity (Wildman–Crippen MR) is 292 cm³/mol. The van der Waals surface area contributed by atoms with E-state index in [9.17, 15) is 14.4 Å². The number of unbranched alkanes of at least 4 members (excludes halogenated alkanes) is 8. The number of carbonyl (C=O) groups is 3. The molecule has 0 aliphatic rings. The fourth-order valence-corrected chi connectivity index (χ4v) is 6.37. The Morgan fingerprint density at radius 3 is 0.985 bits per heavy atom. The molecule has 1 atom stereocenters. The molecule has 0 bridgehead atoms. The van der Waals surface area contributed by atoms with Gasteiger partial charge in [0.15, 0.2) is 6.10 Å². The Bertz CT molecular complexity index is 1590. The Hall–Kier alpha value is -4.97. The summed E-state index contributed by atoms with van der Waals surface area (Å²) in [4.78, 5) is 38.0. The number of allylic oxidation sites excluding steroid dienone is 26. The lowest BCUT2D eigenvalue weighted by atomic mass is 10.1. The molecule has 0 aliphatic carbocycles. The summed E-state index contributed by atoms with van der Waals surface area (Å²) in [5.74, 6) is -1.14. The SMILES string of the molecule is CC/C=C\C/C=C\C/C=C\C/C=C\C/C=C\C/C=C\CCC(=O)OC[C@@H](COC(=O)CCCCCCC/C=C\CCCCC)OC(=O)CC/C=C\C/C=C\C/C=C\C/C=C\C/C=C\C/C=C\CC. The second kappa shape index (κ2) is 54.6. The van der Waals surface area contributed by atoms with Gasteiger partial charge in [-0.3, -0.25) is 14.4 Å². The fourth-order valence-electron chi connectivity index (χ4n) is 6.37. The van der Waals surface area contributed by atoms with Crippen LogP contribution in [-0.2, 0) is 28.6 Å². The summed E-state index contributed by atoms with van der Waals surface area (Å²) in [7, 11) is 0. The van der Waals surface area contributed by atoms with Crippen molar-refractivity contribution < 1.29 is 28.6 Å². The van der Waals surface area contributed by atoms with Crippen LogP contribution in [0.5, 0.6) is 0 Å². The first-order valence-corrected chi connectivity index (χ1v) is 26.5. The maximum atomic E-state index is 12.8. The summed E-state index contributed by atoms with van der Waals surface area (Å²) in [6.07, 6.45) is 79.6. The van der Waals surface area contributed by atoms with Crippen molar-refractivity contribution in [2.24, 2.45) is 0 Å². The van der Waals surface area contributed by atoms with Gasteiger partial charge in [-0.15, -0.1) is 0 Å². The number of rotatable bonds is 45. The van der Waals surface area contributed by atoms with Crippen LogP contribution in [0.3, 0.4) is 0 Å². The highest BCUT2D eigenvalue weighted by atomic mass is 16.6. The molecule has 0 aromatic carbocycles. The standard InChI is InChI=1S/C62H94O6/c1-4-7-10-13-16-19-22-25-27-29-31-33-35-37-40-43-46-49-52-55-61(64)67-58-59(57-66-60(63)54-51-48-45-42-39-24-21-18-15-12-9-6-3)68-62(65)56-53-50-47-44-41-38-36-34-32-30-28-26-23-20-17-14-11-8-5-2/h7-8,10-11,16-21,25-28,31-34,37-38,40-41,46-47,49-50,59H,4-6,9,12-15,22-24,29-30,35-36,39,42-45,48,51-58H2,1-3H3/b10-7-,11-8-,19-16-,20-17-,21-18-,27-25-,28-26-,33-31-,34-32-,40-37-,41-38-,49-46-,50-47-/t59-/m1/s1. The maximum Gasteiger partial charge on any atom is 0.306 e. The summed E-state index contributed by atoms with van der Waals surface area (Å²) < 4.78 is 16.6. The molecule has 0 heterocycles. The highest BCUT2D eigenvalue weighted by Gasteiger charge is 2.19. The van der Waals surface area contributed by atoms with Gasteiger partial charge in [0.1, 0.15) is 13.2 Å². The maximum absolute atomic E-state index is 12.8. The van der Waals surface area contributed by atoms with Gasteiger partial charge in [0, 0.05) is 19.3 Å². The van der Waals surface area contributed by atoms with Crippen molar-refractivity contribution in [1.82, 2.24) is 0 Å². The Morgan fingerprint density at radius 1 is 0.309 bits per heavy atom. The minimum atomic E-state index is -0.860. The third kappa shape index (κ3) is 52.0. The molecule has 0 spiro atoms. The molecule has 0 unspecified atom stereocenters. The molecule has 0 aromatic heterocycles. The highest BCUT2D eigenvalue weighted by molar-refractivity contribution is 5.71. The molecule has 0 radical (unpaired) electrons. The van der Waals surface area contributed by atoms with E-state index in [0.717, 1.165) is 109 Å². The summed E-state index contributed by atoms with van der Waals surface area (Å²) in [6.45, 7) is 6.22.